The van der Waals surface area contributed by atoms with Crippen LogP contribution in [0.3, 0.4) is 0 Å². The van der Waals surface area contributed by atoms with Gasteiger partial charge in [-0.15, -0.1) is 0 Å². The molecule has 0 radical (unpaired) electrons. The van der Waals surface area contributed by atoms with Gasteiger partial charge in [0.1, 0.15) is 11.4 Å². The number of hydrogen-bond acceptors (Lipinski definition) is 5. The molecule has 0 fully saturated rings. The quantitative estimate of drug-likeness (QED) is 0.764. The van der Waals surface area contributed by atoms with Gasteiger partial charge in [-0.1, -0.05) is 12.1 Å². The molecule has 22 heavy (non-hydrogen) atoms. The Kier molecular flexibility index (Phi) is 3.53. The number of nitrogens with one attached hydrogen (secondary N) is 2. The number of rotatable bonds is 3. The highest BCUT2D eigenvalue weighted by molar-refractivity contribution is 6.04. The monoisotopic (exact) mass is 296 g/mol. The topological polar surface area (TPSA) is 97.0 Å². The van der Waals surface area contributed by atoms with Crippen LogP contribution in [0.1, 0.15) is 10.5 Å². The maximum absolute atomic E-state index is 12.3. The van der Waals surface area contributed by atoms with Gasteiger partial charge in [0.2, 0.25) is 5.43 Å². The van der Waals surface area contributed by atoms with Crippen molar-refractivity contribution in [2.45, 2.75) is 0 Å². The van der Waals surface area contributed by atoms with Crippen LogP contribution in [0.25, 0.3) is 10.9 Å². The first-order chi connectivity index (χ1) is 10.7. The minimum Gasteiger partial charge on any atom is -0.494 e. The van der Waals surface area contributed by atoms with Crippen molar-refractivity contribution < 1.29 is 9.53 Å². The third-order valence-electron chi connectivity index (χ3n) is 3.14. The van der Waals surface area contributed by atoms with Crippen LogP contribution in [0.4, 0.5) is 5.69 Å². The van der Waals surface area contributed by atoms with Gasteiger partial charge < -0.3 is 10.1 Å². The van der Waals surface area contributed by atoms with Gasteiger partial charge in [0.15, 0.2) is 5.69 Å². The highest BCUT2D eigenvalue weighted by atomic mass is 16.5. The second-order valence-electron chi connectivity index (χ2n) is 4.48. The fourth-order valence-electron chi connectivity index (χ4n) is 2.06. The number of fused-ring (bicyclic) bond motifs is 1. The number of aromatic nitrogens is 3. The van der Waals surface area contributed by atoms with Crippen LogP contribution < -0.4 is 15.5 Å². The molecule has 3 aromatic rings. The number of ether oxygens (including phenoxy) is 1. The van der Waals surface area contributed by atoms with E-state index in [1.165, 1.54) is 19.5 Å². The number of benzene rings is 1. The Morgan fingerprint density at radius 1 is 1.27 bits per heavy atom. The van der Waals surface area contributed by atoms with Crippen molar-refractivity contribution in [1.82, 2.24) is 15.2 Å². The van der Waals surface area contributed by atoms with E-state index in [1.54, 1.807) is 30.3 Å². The van der Waals surface area contributed by atoms with E-state index in [1.807, 2.05) is 0 Å². The van der Waals surface area contributed by atoms with Crippen LogP contribution >= 0.6 is 0 Å². The molecule has 1 aromatic carbocycles. The molecule has 0 spiro atoms. The molecule has 7 nitrogen and oxygen atoms in total. The average Bonchev–Trinajstić information content (AvgIpc) is 2.56. The van der Waals surface area contributed by atoms with Crippen LogP contribution in [0.15, 0.2) is 47.5 Å². The first-order valence-corrected chi connectivity index (χ1v) is 6.47. The lowest BCUT2D eigenvalue weighted by Crippen LogP contribution is -2.24. The maximum Gasteiger partial charge on any atom is 0.280 e. The van der Waals surface area contributed by atoms with Crippen LogP contribution in [0.2, 0.25) is 0 Å². The molecule has 0 atom stereocenters. The Labute approximate surface area is 125 Å². The fraction of sp³-hybridized carbons (Fsp3) is 0.0667. The van der Waals surface area contributed by atoms with Gasteiger partial charge in [-0.25, -0.2) is 0 Å². The summed E-state index contributed by atoms with van der Waals surface area (Å²) in [5.74, 6) is -0.182. The molecule has 110 valence electrons. The van der Waals surface area contributed by atoms with Crippen molar-refractivity contribution in [2.75, 3.05) is 12.4 Å². The number of carbonyl (C=O) groups excluding carboxylic acids is 1. The van der Waals surface area contributed by atoms with E-state index in [4.69, 9.17) is 4.74 Å². The highest BCUT2D eigenvalue weighted by Crippen LogP contribution is 2.21. The number of anilines is 1. The predicted molar refractivity (Wildman–Crippen MR) is 81.1 cm³/mol. The molecule has 2 N–H and O–H groups in total. The smallest absolute Gasteiger partial charge is 0.280 e. The summed E-state index contributed by atoms with van der Waals surface area (Å²) in [4.78, 5) is 28.5. The van der Waals surface area contributed by atoms with Gasteiger partial charge in [0.25, 0.3) is 5.91 Å². The summed E-state index contributed by atoms with van der Waals surface area (Å²) in [6, 6.07) is 8.46. The Morgan fingerprint density at radius 2 is 2.09 bits per heavy atom. The Hall–Kier alpha value is -3.22. The Balaban J connectivity index is 1.99. The summed E-state index contributed by atoms with van der Waals surface area (Å²) < 4.78 is 5.12. The zero-order valence-electron chi connectivity index (χ0n) is 11.7. The minimum absolute atomic E-state index is 0.218. The fourth-order valence-corrected chi connectivity index (χ4v) is 2.06. The number of aromatic amines is 1. The number of carbonyl (C=O) groups is 1. The van der Waals surface area contributed by atoms with E-state index >= 15 is 0 Å². The van der Waals surface area contributed by atoms with Crippen LogP contribution in [-0.4, -0.2) is 28.2 Å². The Bertz CT molecular complexity index is 904. The zero-order valence-corrected chi connectivity index (χ0v) is 11.7. The second kappa shape index (κ2) is 5.65. The van der Waals surface area contributed by atoms with E-state index in [0.29, 0.717) is 22.3 Å². The molecule has 0 aliphatic heterocycles. The highest BCUT2D eigenvalue weighted by Gasteiger charge is 2.16. The van der Waals surface area contributed by atoms with Crippen LogP contribution in [-0.2, 0) is 0 Å². The predicted octanol–water partition coefficient (Wildman–Crippen LogP) is 1.58. The number of methoxy groups -OCH3 is 1. The number of para-hydroxylation sites is 1. The first kappa shape index (κ1) is 13.7. The Morgan fingerprint density at radius 3 is 2.91 bits per heavy atom. The molecule has 0 saturated carbocycles. The lowest BCUT2D eigenvalue weighted by Gasteiger charge is -2.08. The van der Waals surface area contributed by atoms with E-state index in [-0.39, 0.29) is 5.69 Å². The SMILES string of the molecule is COc1ccncc1NC(=O)c1n[nH]c2ccccc2c1=O. The van der Waals surface area contributed by atoms with Crippen molar-refractivity contribution in [3.05, 3.63) is 58.6 Å². The molecule has 0 aliphatic rings. The zero-order chi connectivity index (χ0) is 15.5. The summed E-state index contributed by atoms with van der Waals surface area (Å²) in [7, 11) is 1.48. The number of amides is 1. The molecule has 0 aliphatic carbocycles. The van der Waals surface area contributed by atoms with Crippen LogP contribution in [0, 0.1) is 0 Å². The molecule has 0 bridgehead atoms. The molecular formula is C15H12N4O3. The van der Waals surface area contributed by atoms with Gasteiger partial charge in [-0.3, -0.25) is 19.7 Å². The standard InChI is InChI=1S/C15H12N4O3/c1-22-12-6-7-16-8-11(12)17-15(21)13-14(20)9-4-2-3-5-10(9)18-19-13/h2-8H,1H3,(H,17,21)(H,18,20). The number of hydrogen-bond donors (Lipinski definition) is 2. The number of H-pyrrole nitrogens is 1. The molecule has 2 heterocycles. The summed E-state index contributed by atoms with van der Waals surface area (Å²) in [5.41, 5.74) is 0.284. The van der Waals surface area contributed by atoms with Crippen molar-refractivity contribution in [3.8, 4) is 5.75 Å². The van der Waals surface area contributed by atoms with Crippen molar-refractivity contribution in [1.29, 1.82) is 0 Å². The van der Waals surface area contributed by atoms with Gasteiger partial charge in [0.05, 0.1) is 18.8 Å². The van der Waals surface area contributed by atoms with Gasteiger partial charge in [-0.2, -0.15) is 5.10 Å². The molecule has 7 heteroatoms. The number of nitrogens with zero attached hydrogens (tertiary/aromatic N) is 2. The maximum atomic E-state index is 12.3. The molecule has 2 aromatic heterocycles. The van der Waals surface area contributed by atoms with E-state index < -0.39 is 11.3 Å². The lowest BCUT2D eigenvalue weighted by molar-refractivity contribution is 0.102. The number of pyridine rings is 1. The van der Waals surface area contributed by atoms with Crippen molar-refractivity contribution >= 4 is 22.5 Å². The lowest BCUT2D eigenvalue weighted by atomic mass is 10.2. The third-order valence-corrected chi connectivity index (χ3v) is 3.14. The summed E-state index contributed by atoms with van der Waals surface area (Å²) >= 11 is 0. The van der Waals surface area contributed by atoms with Gasteiger partial charge in [-0.05, 0) is 12.1 Å². The third kappa shape index (κ3) is 2.39. The minimum atomic E-state index is -0.627. The summed E-state index contributed by atoms with van der Waals surface area (Å²) in [5, 5.41) is 9.52. The molecule has 0 saturated heterocycles. The second-order valence-corrected chi connectivity index (χ2v) is 4.48. The molecule has 1 amide bonds. The van der Waals surface area contributed by atoms with Crippen molar-refractivity contribution in [2.24, 2.45) is 0 Å². The van der Waals surface area contributed by atoms with Crippen molar-refractivity contribution in [3.63, 3.8) is 0 Å². The largest absolute Gasteiger partial charge is 0.494 e. The normalized spacial score (nSPS) is 10.4. The average molecular weight is 296 g/mol. The molecule has 3 rings (SSSR count). The molecular weight excluding hydrogens is 284 g/mol. The van der Waals surface area contributed by atoms with E-state index in [2.05, 4.69) is 20.5 Å². The van der Waals surface area contributed by atoms with Gasteiger partial charge in [0, 0.05) is 17.6 Å². The summed E-state index contributed by atoms with van der Waals surface area (Å²) in [6.45, 7) is 0. The summed E-state index contributed by atoms with van der Waals surface area (Å²) in [6.07, 6.45) is 2.97. The molecule has 0 unspecified atom stereocenters. The van der Waals surface area contributed by atoms with Gasteiger partial charge >= 0.3 is 0 Å². The first-order valence-electron chi connectivity index (χ1n) is 6.47. The van der Waals surface area contributed by atoms with E-state index in [9.17, 15) is 9.59 Å². The van der Waals surface area contributed by atoms with Crippen LogP contribution in [0.5, 0.6) is 5.75 Å². The van der Waals surface area contributed by atoms with E-state index in [0.717, 1.165) is 0 Å².